The molecule has 0 unspecified atom stereocenters. The number of ketones is 2. The molecule has 0 aromatic carbocycles. The number of hydrogen-bond acceptors (Lipinski definition) is 2. The second kappa shape index (κ2) is 4.91. The van der Waals surface area contributed by atoms with Crippen molar-refractivity contribution in [2.75, 3.05) is 0 Å². The Hall–Kier alpha value is -1.15. The Morgan fingerprint density at radius 1 is 1.64 bits per heavy atom. The predicted octanol–water partition coefficient (Wildman–Crippen LogP) is 2.54. The summed E-state index contributed by atoms with van der Waals surface area (Å²) in [4.78, 5) is 22.3. The van der Waals surface area contributed by atoms with E-state index < -0.39 is 0 Å². The minimum Gasteiger partial charge on any atom is -0.295 e. The summed E-state index contributed by atoms with van der Waals surface area (Å²) in [6, 6.07) is 0. The van der Waals surface area contributed by atoms with Crippen LogP contribution in [0.1, 0.15) is 19.8 Å². The Morgan fingerprint density at radius 3 is 3.00 bits per heavy atom. The molecule has 1 aliphatic carbocycles. The molecule has 0 saturated heterocycles. The first-order valence-electron chi connectivity index (χ1n) is 4.45. The summed E-state index contributed by atoms with van der Waals surface area (Å²) in [7, 11) is 0. The van der Waals surface area contributed by atoms with E-state index in [-0.39, 0.29) is 11.6 Å². The average molecular weight is 211 g/mol. The van der Waals surface area contributed by atoms with E-state index in [0.717, 1.165) is 0 Å². The van der Waals surface area contributed by atoms with E-state index in [1.807, 2.05) is 0 Å². The maximum absolute atomic E-state index is 11.3. The third-order valence-corrected chi connectivity index (χ3v) is 2.16. The highest BCUT2D eigenvalue weighted by molar-refractivity contribution is 6.32. The van der Waals surface area contributed by atoms with Crippen LogP contribution in [0.5, 0.6) is 0 Å². The van der Waals surface area contributed by atoms with Crippen LogP contribution in [0.4, 0.5) is 0 Å². The lowest BCUT2D eigenvalue weighted by atomic mass is 10.0. The summed E-state index contributed by atoms with van der Waals surface area (Å²) >= 11 is 5.74. The van der Waals surface area contributed by atoms with Crippen LogP contribution in [0.15, 0.2) is 34.9 Å². The molecule has 0 fully saturated rings. The van der Waals surface area contributed by atoms with Crippen LogP contribution in [0.25, 0.3) is 0 Å². The quantitative estimate of drug-likeness (QED) is 0.671. The van der Waals surface area contributed by atoms with Gasteiger partial charge in [0.05, 0.1) is 0 Å². The maximum atomic E-state index is 11.3. The van der Waals surface area contributed by atoms with E-state index in [4.69, 9.17) is 11.6 Å². The Labute approximate surface area is 87.9 Å². The summed E-state index contributed by atoms with van der Waals surface area (Å²) in [5.41, 5.74) is 0.499. The summed E-state index contributed by atoms with van der Waals surface area (Å²) in [6.45, 7) is 1.77. The number of halogens is 1. The highest BCUT2D eigenvalue weighted by atomic mass is 35.5. The van der Waals surface area contributed by atoms with Crippen LogP contribution in [0, 0.1) is 0 Å². The molecule has 0 radical (unpaired) electrons. The molecule has 0 heterocycles. The molecule has 0 aromatic rings. The molecule has 0 aliphatic heterocycles. The van der Waals surface area contributed by atoms with Gasteiger partial charge in [-0.15, -0.1) is 0 Å². The van der Waals surface area contributed by atoms with Gasteiger partial charge in [0.2, 0.25) is 0 Å². The van der Waals surface area contributed by atoms with E-state index in [0.29, 0.717) is 23.4 Å². The van der Waals surface area contributed by atoms with E-state index in [2.05, 4.69) is 0 Å². The number of carbonyl (C=O) groups is 2. The molecule has 2 nitrogen and oxygen atoms in total. The normalized spacial score (nSPS) is 16.9. The van der Waals surface area contributed by atoms with Crippen molar-refractivity contribution in [1.82, 2.24) is 0 Å². The van der Waals surface area contributed by atoms with Crippen LogP contribution in [0.2, 0.25) is 0 Å². The van der Waals surface area contributed by atoms with Crippen LogP contribution >= 0.6 is 11.6 Å². The van der Waals surface area contributed by atoms with Gasteiger partial charge in [-0.1, -0.05) is 24.6 Å². The Balaban J connectivity index is 2.77. The molecule has 0 atom stereocenters. The highest BCUT2D eigenvalue weighted by Crippen LogP contribution is 2.17. The largest absolute Gasteiger partial charge is 0.295 e. The zero-order valence-corrected chi connectivity index (χ0v) is 8.67. The minimum atomic E-state index is -0.00504. The summed E-state index contributed by atoms with van der Waals surface area (Å²) in [6.07, 6.45) is 6.94. The third kappa shape index (κ3) is 2.96. The van der Waals surface area contributed by atoms with Gasteiger partial charge < -0.3 is 0 Å². The van der Waals surface area contributed by atoms with Gasteiger partial charge in [0.1, 0.15) is 0 Å². The summed E-state index contributed by atoms with van der Waals surface area (Å²) < 4.78 is 0. The summed E-state index contributed by atoms with van der Waals surface area (Å²) in [5.74, 6) is -0.000992. The highest BCUT2D eigenvalue weighted by Gasteiger charge is 2.10. The molecular formula is C11H11ClO2. The smallest absolute Gasteiger partial charge is 0.166 e. The van der Waals surface area contributed by atoms with E-state index in [1.54, 1.807) is 19.1 Å². The number of carbonyl (C=O) groups excluding carboxylic acids is 2. The molecule has 74 valence electrons. The van der Waals surface area contributed by atoms with Crippen molar-refractivity contribution >= 4 is 23.2 Å². The standard InChI is InChI=1S/C11H11ClO2/c1-2-10(13)5-3-8-7-9(12)4-6-11(8)14/h3-5,7H,2,6H2,1H3. The van der Waals surface area contributed by atoms with Gasteiger partial charge in [0.25, 0.3) is 0 Å². The molecule has 3 heteroatoms. The fraction of sp³-hybridized carbons (Fsp3) is 0.273. The molecule has 0 aromatic heterocycles. The Morgan fingerprint density at radius 2 is 2.36 bits per heavy atom. The number of rotatable bonds is 3. The van der Waals surface area contributed by atoms with Gasteiger partial charge in [-0.2, -0.15) is 0 Å². The van der Waals surface area contributed by atoms with Crippen molar-refractivity contribution in [2.24, 2.45) is 0 Å². The fourth-order valence-corrected chi connectivity index (χ4v) is 1.23. The van der Waals surface area contributed by atoms with E-state index in [1.165, 1.54) is 12.2 Å². The molecule has 14 heavy (non-hydrogen) atoms. The average Bonchev–Trinajstić information content (AvgIpc) is 2.19. The fourth-order valence-electron chi connectivity index (χ4n) is 1.04. The van der Waals surface area contributed by atoms with Crippen LogP contribution < -0.4 is 0 Å². The van der Waals surface area contributed by atoms with Gasteiger partial charge in [-0.05, 0) is 18.2 Å². The second-order valence-electron chi connectivity index (χ2n) is 2.97. The van der Waals surface area contributed by atoms with Crippen molar-refractivity contribution in [1.29, 1.82) is 0 Å². The zero-order valence-electron chi connectivity index (χ0n) is 7.92. The number of Topliss-reactive ketones (excluding diaryl/α,β-unsaturated/α-hetero) is 1. The van der Waals surface area contributed by atoms with Gasteiger partial charge >= 0.3 is 0 Å². The van der Waals surface area contributed by atoms with Crippen molar-refractivity contribution in [3.63, 3.8) is 0 Å². The van der Waals surface area contributed by atoms with E-state index >= 15 is 0 Å². The molecule has 0 saturated carbocycles. The lowest BCUT2D eigenvalue weighted by Crippen LogP contribution is -2.03. The zero-order chi connectivity index (χ0) is 10.6. The van der Waals surface area contributed by atoms with Gasteiger partial charge in [-0.25, -0.2) is 0 Å². The van der Waals surface area contributed by atoms with Crippen molar-refractivity contribution in [2.45, 2.75) is 19.8 Å². The SMILES string of the molecule is CCC(=O)C=CC1=CC(Cl)=CCC1=O. The first kappa shape index (κ1) is 10.9. The van der Waals surface area contributed by atoms with Crippen molar-refractivity contribution < 1.29 is 9.59 Å². The molecule has 1 aliphatic rings. The Bertz CT molecular complexity index is 348. The van der Waals surface area contributed by atoms with Gasteiger partial charge in [0.15, 0.2) is 11.6 Å². The lowest BCUT2D eigenvalue weighted by Gasteiger charge is -2.04. The monoisotopic (exact) mass is 210 g/mol. The first-order chi connectivity index (χ1) is 6.63. The minimum absolute atomic E-state index is 0.00405. The second-order valence-corrected chi connectivity index (χ2v) is 3.41. The first-order valence-corrected chi connectivity index (χ1v) is 4.82. The molecule has 0 amide bonds. The summed E-state index contributed by atoms with van der Waals surface area (Å²) in [5, 5.41) is 0.549. The Kier molecular flexibility index (Phi) is 3.84. The number of allylic oxidation sites excluding steroid dienone is 6. The molecule has 0 bridgehead atoms. The molecule has 0 N–H and O–H groups in total. The van der Waals surface area contributed by atoms with Gasteiger partial charge in [-0.3, -0.25) is 9.59 Å². The van der Waals surface area contributed by atoms with Crippen molar-refractivity contribution in [3.8, 4) is 0 Å². The van der Waals surface area contributed by atoms with Crippen LogP contribution in [0.3, 0.4) is 0 Å². The van der Waals surface area contributed by atoms with E-state index in [9.17, 15) is 9.59 Å². The molecule has 1 rings (SSSR count). The maximum Gasteiger partial charge on any atom is 0.166 e. The van der Waals surface area contributed by atoms with Crippen molar-refractivity contribution in [3.05, 3.63) is 34.9 Å². The van der Waals surface area contributed by atoms with Crippen LogP contribution in [-0.4, -0.2) is 11.6 Å². The molecular weight excluding hydrogens is 200 g/mol. The topological polar surface area (TPSA) is 34.1 Å². The van der Waals surface area contributed by atoms with Gasteiger partial charge in [0, 0.05) is 23.4 Å². The number of hydrogen-bond donors (Lipinski definition) is 0. The predicted molar refractivity (Wildman–Crippen MR) is 56.1 cm³/mol. The van der Waals surface area contributed by atoms with Crippen LogP contribution in [-0.2, 0) is 9.59 Å². The third-order valence-electron chi connectivity index (χ3n) is 1.90. The lowest BCUT2D eigenvalue weighted by molar-refractivity contribution is -0.114. The molecule has 0 spiro atoms.